The third-order valence-corrected chi connectivity index (χ3v) is 4.49. The Morgan fingerprint density at radius 1 is 0.565 bits per heavy atom. The first-order valence-electron chi connectivity index (χ1n) is 9.99. The third-order valence-electron chi connectivity index (χ3n) is 4.49. The standard InChI is InChI=1S/C20H40O2.In.3H/c1-2-3-4-5-6-7-8-9-10-11-12-13-14-15-16-17-18-19-20(21)22;;;;/h2-19H2,1H3,(H,21,22);;;;. The van der Waals surface area contributed by atoms with Crippen molar-refractivity contribution in [3.05, 3.63) is 0 Å². The molecule has 0 amide bonds. The van der Waals surface area contributed by atoms with Gasteiger partial charge in [0.2, 0.25) is 0 Å². The van der Waals surface area contributed by atoms with Crippen LogP contribution in [0, 0.1) is 0 Å². The van der Waals surface area contributed by atoms with E-state index < -0.39 is 5.97 Å². The van der Waals surface area contributed by atoms with Crippen molar-refractivity contribution in [2.45, 2.75) is 122 Å². The molecule has 2 nitrogen and oxygen atoms in total. The van der Waals surface area contributed by atoms with E-state index in [2.05, 4.69) is 6.92 Å². The molecule has 0 radical (unpaired) electrons. The minimum absolute atomic E-state index is 0. The Morgan fingerprint density at radius 3 is 1.09 bits per heavy atom. The average Bonchev–Trinajstić information content (AvgIpc) is 2.50. The Morgan fingerprint density at radius 2 is 0.826 bits per heavy atom. The van der Waals surface area contributed by atoms with Gasteiger partial charge in [0.25, 0.3) is 0 Å². The van der Waals surface area contributed by atoms with Crippen molar-refractivity contribution < 1.29 is 9.90 Å². The molecule has 0 aromatic rings. The topological polar surface area (TPSA) is 37.3 Å². The third kappa shape index (κ3) is 24.7. The van der Waals surface area contributed by atoms with Crippen molar-refractivity contribution in [3.8, 4) is 0 Å². The molecule has 0 saturated heterocycles. The molecule has 0 aliphatic carbocycles. The fourth-order valence-electron chi connectivity index (χ4n) is 3.00. The van der Waals surface area contributed by atoms with Crippen LogP contribution in [-0.2, 0) is 4.79 Å². The van der Waals surface area contributed by atoms with Gasteiger partial charge in [-0.2, -0.15) is 0 Å². The summed E-state index contributed by atoms with van der Waals surface area (Å²) in [7, 11) is 0. The SMILES string of the molecule is CCCCCCCCCCCCCCCCCCCC(=O)O.[InH3]. The van der Waals surface area contributed by atoms with Gasteiger partial charge in [0, 0.05) is 6.42 Å². The van der Waals surface area contributed by atoms with Crippen LogP contribution in [-0.4, -0.2) is 36.9 Å². The quantitative estimate of drug-likeness (QED) is 0.274. The monoisotopic (exact) mass is 430 g/mol. The Labute approximate surface area is 164 Å². The number of hydrogen-bond acceptors (Lipinski definition) is 1. The van der Waals surface area contributed by atoms with Crippen LogP contribution in [0.3, 0.4) is 0 Å². The van der Waals surface area contributed by atoms with Crippen LogP contribution >= 0.6 is 0 Å². The second-order valence-electron chi connectivity index (χ2n) is 6.80. The number of carboxylic acid groups (broad SMARTS) is 1. The summed E-state index contributed by atoms with van der Waals surface area (Å²) in [4.78, 5) is 10.4. The van der Waals surface area contributed by atoms with E-state index in [1.807, 2.05) is 0 Å². The van der Waals surface area contributed by atoms with E-state index in [-0.39, 0.29) is 25.8 Å². The number of carboxylic acids is 1. The maximum absolute atomic E-state index is 10.4. The van der Waals surface area contributed by atoms with Crippen LogP contribution < -0.4 is 0 Å². The summed E-state index contributed by atoms with van der Waals surface area (Å²) >= 11 is 0. The summed E-state index contributed by atoms with van der Waals surface area (Å²) in [6, 6.07) is 0. The second kappa shape index (κ2) is 22.3. The summed E-state index contributed by atoms with van der Waals surface area (Å²) in [6.45, 7) is 2.28. The fraction of sp³-hybridized carbons (Fsp3) is 0.950. The van der Waals surface area contributed by atoms with E-state index in [0.717, 1.165) is 12.8 Å². The number of unbranched alkanes of at least 4 members (excludes halogenated alkanes) is 16. The number of rotatable bonds is 18. The van der Waals surface area contributed by atoms with Gasteiger partial charge in [0.1, 0.15) is 0 Å². The van der Waals surface area contributed by atoms with Gasteiger partial charge in [-0.25, -0.2) is 0 Å². The number of hydrogen-bond donors (Lipinski definition) is 1. The van der Waals surface area contributed by atoms with Crippen LogP contribution in [0.5, 0.6) is 0 Å². The molecular weight excluding hydrogens is 387 g/mol. The molecular formula is C20H43InO2. The summed E-state index contributed by atoms with van der Waals surface area (Å²) < 4.78 is 0. The predicted octanol–water partition coefficient (Wildman–Crippen LogP) is 5.93. The molecule has 0 aromatic carbocycles. The molecule has 0 fully saturated rings. The first-order chi connectivity index (χ1) is 10.8. The van der Waals surface area contributed by atoms with Gasteiger partial charge >= 0.3 is 31.8 Å². The molecule has 0 saturated carbocycles. The minimum atomic E-state index is -0.652. The van der Waals surface area contributed by atoms with Crippen molar-refractivity contribution >= 4 is 31.8 Å². The second-order valence-corrected chi connectivity index (χ2v) is 6.80. The van der Waals surface area contributed by atoms with Gasteiger partial charge in [0.05, 0.1) is 0 Å². The molecule has 0 rings (SSSR count). The Kier molecular flexibility index (Phi) is 24.8. The molecule has 0 unspecified atom stereocenters. The summed E-state index contributed by atoms with van der Waals surface area (Å²) in [5.41, 5.74) is 0. The van der Waals surface area contributed by atoms with Gasteiger partial charge < -0.3 is 5.11 Å². The van der Waals surface area contributed by atoms with E-state index in [4.69, 9.17) is 5.11 Å². The summed E-state index contributed by atoms with van der Waals surface area (Å²) in [6.07, 6.45) is 23.1. The number of carbonyl (C=O) groups is 1. The Hall–Kier alpha value is 0.340. The van der Waals surface area contributed by atoms with E-state index in [9.17, 15) is 4.79 Å². The molecule has 0 bridgehead atoms. The van der Waals surface area contributed by atoms with Crippen LogP contribution in [0.2, 0.25) is 0 Å². The zero-order chi connectivity index (χ0) is 16.3. The number of aliphatic carboxylic acids is 1. The Bertz CT molecular complexity index is 232. The van der Waals surface area contributed by atoms with E-state index >= 15 is 0 Å². The first kappa shape index (κ1) is 25.6. The van der Waals surface area contributed by atoms with Gasteiger partial charge in [-0.3, -0.25) is 4.79 Å². The molecule has 3 heteroatoms. The van der Waals surface area contributed by atoms with Crippen molar-refractivity contribution in [1.82, 2.24) is 0 Å². The zero-order valence-corrected chi connectivity index (χ0v) is 15.1. The Balaban J connectivity index is 0. The molecule has 1 N–H and O–H groups in total. The molecule has 0 aromatic heterocycles. The first-order valence-corrected chi connectivity index (χ1v) is 9.99. The normalized spacial score (nSPS) is 10.5. The van der Waals surface area contributed by atoms with Gasteiger partial charge in [-0.1, -0.05) is 110 Å². The summed E-state index contributed by atoms with van der Waals surface area (Å²) in [5, 5.41) is 8.54. The van der Waals surface area contributed by atoms with Crippen LogP contribution in [0.4, 0.5) is 0 Å². The van der Waals surface area contributed by atoms with E-state index in [1.54, 1.807) is 0 Å². The van der Waals surface area contributed by atoms with Crippen LogP contribution in [0.15, 0.2) is 0 Å². The molecule has 0 aliphatic rings. The van der Waals surface area contributed by atoms with Gasteiger partial charge in [-0.15, -0.1) is 0 Å². The van der Waals surface area contributed by atoms with Crippen LogP contribution in [0.1, 0.15) is 122 Å². The van der Waals surface area contributed by atoms with Crippen LogP contribution in [0.25, 0.3) is 0 Å². The maximum atomic E-state index is 10.4. The fourth-order valence-corrected chi connectivity index (χ4v) is 3.00. The van der Waals surface area contributed by atoms with Gasteiger partial charge in [-0.05, 0) is 6.42 Å². The molecule has 0 atom stereocenters. The van der Waals surface area contributed by atoms with E-state index in [1.165, 1.54) is 96.3 Å². The molecule has 23 heavy (non-hydrogen) atoms. The molecule has 138 valence electrons. The van der Waals surface area contributed by atoms with Crippen molar-refractivity contribution in [2.24, 2.45) is 0 Å². The molecule has 0 aliphatic heterocycles. The van der Waals surface area contributed by atoms with Crippen molar-refractivity contribution in [1.29, 1.82) is 0 Å². The van der Waals surface area contributed by atoms with E-state index in [0.29, 0.717) is 6.42 Å². The summed E-state index contributed by atoms with van der Waals surface area (Å²) in [5.74, 6) is -0.652. The van der Waals surface area contributed by atoms with Crippen molar-refractivity contribution in [2.75, 3.05) is 0 Å². The van der Waals surface area contributed by atoms with Gasteiger partial charge in [0.15, 0.2) is 0 Å². The average molecular weight is 430 g/mol. The predicted molar refractivity (Wildman–Crippen MR) is 106 cm³/mol. The molecule has 0 heterocycles. The zero-order valence-electron chi connectivity index (χ0n) is 15.1. The molecule has 0 spiro atoms. The van der Waals surface area contributed by atoms with Crippen molar-refractivity contribution in [3.63, 3.8) is 0 Å².